The molecule has 0 fully saturated rings. The Labute approximate surface area is 176 Å². The Balaban J connectivity index is 1.29. The van der Waals surface area contributed by atoms with Crippen LogP contribution in [0.1, 0.15) is 21.5 Å². The molecule has 1 aliphatic rings. The molecule has 1 amide bonds. The van der Waals surface area contributed by atoms with Gasteiger partial charge in [-0.05, 0) is 57.7 Å². The summed E-state index contributed by atoms with van der Waals surface area (Å²) in [6.45, 7) is 0.790. The lowest BCUT2D eigenvalue weighted by Crippen LogP contribution is -2.12. The number of pyridine rings is 2. The van der Waals surface area contributed by atoms with E-state index in [0.29, 0.717) is 11.3 Å². The minimum absolute atomic E-state index is 0.211. The Hall–Kier alpha value is -2.38. The average molecular weight is 456 g/mol. The normalized spacial score (nSPS) is 12.3. The standard InChI is InChI=1S/C21H18BrN3O2S/c22-17-10-16(11-23-12-17)21(26)25-18-2-4-20(24-13-18)28-8-6-14-1-3-19-15(9-14)5-7-27-19/h1-4,9-13H,5-8H2,(H,25,26). The van der Waals surface area contributed by atoms with Crippen molar-refractivity contribution in [3.63, 3.8) is 0 Å². The fraction of sp³-hybridized carbons (Fsp3) is 0.190. The van der Waals surface area contributed by atoms with Crippen molar-refractivity contribution >= 4 is 39.3 Å². The lowest BCUT2D eigenvalue weighted by Gasteiger charge is -2.07. The third-order valence-electron chi connectivity index (χ3n) is 4.36. The Morgan fingerprint density at radius 3 is 2.93 bits per heavy atom. The molecule has 28 heavy (non-hydrogen) atoms. The second-order valence-electron chi connectivity index (χ2n) is 6.37. The number of carbonyl (C=O) groups is 1. The monoisotopic (exact) mass is 455 g/mol. The van der Waals surface area contributed by atoms with Gasteiger partial charge < -0.3 is 10.1 Å². The maximum atomic E-state index is 12.2. The van der Waals surface area contributed by atoms with E-state index in [2.05, 4.69) is 49.4 Å². The van der Waals surface area contributed by atoms with E-state index in [-0.39, 0.29) is 5.91 Å². The number of halogens is 1. The zero-order valence-corrected chi connectivity index (χ0v) is 17.4. The van der Waals surface area contributed by atoms with Crippen molar-refractivity contribution < 1.29 is 9.53 Å². The maximum absolute atomic E-state index is 12.2. The number of nitrogens with zero attached hydrogens (tertiary/aromatic N) is 2. The minimum atomic E-state index is -0.211. The van der Waals surface area contributed by atoms with Crippen LogP contribution in [-0.2, 0) is 12.8 Å². The van der Waals surface area contributed by atoms with Gasteiger partial charge in [-0.2, -0.15) is 0 Å². The highest BCUT2D eigenvalue weighted by atomic mass is 79.9. The van der Waals surface area contributed by atoms with E-state index in [1.807, 2.05) is 12.1 Å². The number of anilines is 1. The summed E-state index contributed by atoms with van der Waals surface area (Å²) in [5, 5.41) is 3.77. The van der Waals surface area contributed by atoms with Gasteiger partial charge in [-0.1, -0.05) is 12.1 Å². The summed E-state index contributed by atoms with van der Waals surface area (Å²) in [5.74, 6) is 1.76. The van der Waals surface area contributed by atoms with Crippen LogP contribution in [0.25, 0.3) is 0 Å². The van der Waals surface area contributed by atoms with Crippen LogP contribution in [-0.4, -0.2) is 28.2 Å². The summed E-state index contributed by atoms with van der Waals surface area (Å²) in [5.41, 5.74) is 3.78. The highest BCUT2D eigenvalue weighted by Crippen LogP contribution is 2.27. The zero-order chi connectivity index (χ0) is 19.3. The topological polar surface area (TPSA) is 64.1 Å². The van der Waals surface area contributed by atoms with Crippen LogP contribution in [0.5, 0.6) is 5.75 Å². The van der Waals surface area contributed by atoms with Gasteiger partial charge in [0, 0.05) is 29.0 Å². The third-order valence-corrected chi connectivity index (χ3v) is 5.74. The molecular weight excluding hydrogens is 438 g/mol. The fourth-order valence-electron chi connectivity index (χ4n) is 2.95. The summed E-state index contributed by atoms with van der Waals surface area (Å²) in [6.07, 6.45) is 6.83. The van der Waals surface area contributed by atoms with Gasteiger partial charge >= 0.3 is 0 Å². The largest absolute Gasteiger partial charge is 0.493 e. The number of hydrogen-bond acceptors (Lipinski definition) is 5. The molecular formula is C21H18BrN3O2S. The number of aryl methyl sites for hydroxylation is 1. The summed E-state index contributed by atoms with van der Waals surface area (Å²) in [4.78, 5) is 20.7. The van der Waals surface area contributed by atoms with Crippen molar-refractivity contribution in [3.05, 3.63) is 76.2 Å². The molecule has 0 saturated carbocycles. The van der Waals surface area contributed by atoms with Crippen LogP contribution in [0, 0.1) is 0 Å². The predicted molar refractivity (Wildman–Crippen MR) is 114 cm³/mol. The molecule has 1 aliphatic heterocycles. The number of benzene rings is 1. The molecule has 0 spiro atoms. The van der Waals surface area contributed by atoms with E-state index in [9.17, 15) is 4.79 Å². The number of amides is 1. The van der Waals surface area contributed by atoms with Crippen LogP contribution in [0.15, 0.2) is 64.5 Å². The third kappa shape index (κ3) is 4.72. The molecule has 1 aromatic carbocycles. The maximum Gasteiger partial charge on any atom is 0.257 e. The van der Waals surface area contributed by atoms with Crippen molar-refractivity contribution in [1.29, 1.82) is 0 Å². The number of thioether (sulfide) groups is 1. The van der Waals surface area contributed by atoms with Gasteiger partial charge in [-0.25, -0.2) is 4.98 Å². The number of nitrogens with one attached hydrogen (secondary N) is 1. The number of carbonyl (C=O) groups excluding carboxylic acids is 1. The van der Waals surface area contributed by atoms with Crippen LogP contribution < -0.4 is 10.1 Å². The predicted octanol–water partition coefficient (Wildman–Crippen LogP) is 4.76. The van der Waals surface area contributed by atoms with E-state index in [1.54, 1.807) is 30.2 Å². The van der Waals surface area contributed by atoms with Gasteiger partial charge in [0.1, 0.15) is 5.75 Å². The lowest BCUT2D eigenvalue weighted by molar-refractivity contribution is 0.102. The van der Waals surface area contributed by atoms with Crippen molar-refractivity contribution in [1.82, 2.24) is 9.97 Å². The Bertz CT molecular complexity index is 995. The van der Waals surface area contributed by atoms with Gasteiger partial charge in [0.25, 0.3) is 5.91 Å². The van der Waals surface area contributed by atoms with Crippen LogP contribution in [0.4, 0.5) is 5.69 Å². The molecule has 4 rings (SSSR count). The highest BCUT2D eigenvalue weighted by Gasteiger charge is 2.12. The molecule has 142 valence electrons. The number of hydrogen-bond donors (Lipinski definition) is 1. The van der Waals surface area contributed by atoms with Crippen LogP contribution in [0.3, 0.4) is 0 Å². The molecule has 2 aromatic heterocycles. The molecule has 5 nitrogen and oxygen atoms in total. The molecule has 0 bridgehead atoms. The first-order chi connectivity index (χ1) is 13.7. The molecule has 0 unspecified atom stereocenters. The van der Waals surface area contributed by atoms with E-state index in [4.69, 9.17) is 4.74 Å². The van der Waals surface area contributed by atoms with Gasteiger partial charge in [0.05, 0.1) is 29.1 Å². The number of fused-ring (bicyclic) bond motifs is 1. The first-order valence-corrected chi connectivity index (χ1v) is 10.7. The fourth-order valence-corrected chi connectivity index (χ4v) is 4.15. The average Bonchev–Trinajstić information content (AvgIpc) is 3.17. The van der Waals surface area contributed by atoms with Crippen LogP contribution in [0.2, 0.25) is 0 Å². The molecule has 0 atom stereocenters. The second-order valence-corrected chi connectivity index (χ2v) is 8.40. The first kappa shape index (κ1) is 19.0. The molecule has 1 N–H and O–H groups in total. The quantitative estimate of drug-likeness (QED) is 0.542. The first-order valence-electron chi connectivity index (χ1n) is 8.93. The minimum Gasteiger partial charge on any atom is -0.493 e. The Morgan fingerprint density at radius 2 is 2.11 bits per heavy atom. The summed E-state index contributed by atoms with van der Waals surface area (Å²) in [7, 11) is 0. The summed E-state index contributed by atoms with van der Waals surface area (Å²) >= 11 is 5.02. The zero-order valence-electron chi connectivity index (χ0n) is 15.0. The highest BCUT2D eigenvalue weighted by molar-refractivity contribution is 9.10. The lowest BCUT2D eigenvalue weighted by atomic mass is 10.1. The molecule has 7 heteroatoms. The van der Waals surface area contributed by atoms with E-state index in [1.165, 1.54) is 17.3 Å². The number of rotatable bonds is 6. The van der Waals surface area contributed by atoms with Crippen molar-refractivity contribution in [2.45, 2.75) is 17.9 Å². The summed E-state index contributed by atoms with van der Waals surface area (Å²) in [6, 6.07) is 12.0. The van der Waals surface area contributed by atoms with E-state index in [0.717, 1.165) is 40.4 Å². The molecule has 0 aliphatic carbocycles. The smallest absolute Gasteiger partial charge is 0.257 e. The van der Waals surface area contributed by atoms with E-state index >= 15 is 0 Å². The van der Waals surface area contributed by atoms with Gasteiger partial charge in [0.2, 0.25) is 0 Å². The van der Waals surface area contributed by atoms with Crippen molar-refractivity contribution in [2.75, 3.05) is 17.7 Å². The van der Waals surface area contributed by atoms with Gasteiger partial charge in [0.15, 0.2) is 0 Å². The molecule has 3 aromatic rings. The molecule has 0 saturated heterocycles. The number of ether oxygens (including phenoxy) is 1. The van der Waals surface area contributed by atoms with Gasteiger partial charge in [-0.15, -0.1) is 11.8 Å². The number of aromatic nitrogens is 2. The Kier molecular flexibility index (Phi) is 5.92. The van der Waals surface area contributed by atoms with Crippen molar-refractivity contribution in [2.24, 2.45) is 0 Å². The molecule has 0 radical (unpaired) electrons. The van der Waals surface area contributed by atoms with Gasteiger partial charge in [-0.3, -0.25) is 9.78 Å². The van der Waals surface area contributed by atoms with E-state index < -0.39 is 0 Å². The second kappa shape index (κ2) is 8.75. The summed E-state index contributed by atoms with van der Waals surface area (Å²) < 4.78 is 6.31. The van der Waals surface area contributed by atoms with Crippen molar-refractivity contribution in [3.8, 4) is 5.75 Å². The van der Waals surface area contributed by atoms with Crippen LogP contribution >= 0.6 is 27.7 Å². The Morgan fingerprint density at radius 1 is 1.18 bits per heavy atom. The molecule has 3 heterocycles. The SMILES string of the molecule is O=C(Nc1ccc(SCCc2ccc3c(c2)CCO3)nc1)c1cncc(Br)c1.